The fraction of sp³-hybridized carbons (Fsp3) is 0.362. The highest BCUT2D eigenvalue weighted by molar-refractivity contribution is 6.12. The first-order valence-corrected chi connectivity index (χ1v) is 22.6. The molecule has 0 aliphatic heterocycles. The number of hydrogen-bond donors (Lipinski definition) is 6. The molecule has 0 bridgehead atoms. The molecule has 5 heterocycles. The number of amides is 4. The average molecular weight is 961 g/mol. The van der Waals surface area contributed by atoms with Crippen LogP contribution in [0.15, 0.2) is 54.7 Å². The number of carboxylic acids is 1. The summed E-state index contributed by atoms with van der Waals surface area (Å²) >= 11 is 0. The van der Waals surface area contributed by atoms with E-state index in [1.165, 1.54) is 12.1 Å². The Morgan fingerprint density at radius 3 is 2.10 bits per heavy atom. The lowest BCUT2D eigenvalue weighted by Gasteiger charge is -2.14. The van der Waals surface area contributed by atoms with Gasteiger partial charge in [-0.25, -0.2) is 15.0 Å². The molecule has 1 unspecified atom stereocenters. The van der Waals surface area contributed by atoms with Crippen LogP contribution in [0, 0.1) is 13.8 Å². The summed E-state index contributed by atoms with van der Waals surface area (Å²) in [6, 6.07) is 8.65. The van der Waals surface area contributed by atoms with E-state index in [0.29, 0.717) is 76.5 Å². The van der Waals surface area contributed by atoms with Crippen LogP contribution in [-0.2, 0) is 40.5 Å². The van der Waals surface area contributed by atoms with Crippen molar-refractivity contribution >= 4 is 68.5 Å². The second kappa shape index (κ2) is 21.8. The smallest absolute Gasteiger partial charge is 0.305 e. The van der Waals surface area contributed by atoms with Crippen LogP contribution in [0.1, 0.15) is 75.7 Å². The molecule has 0 radical (unpaired) electrons. The van der Waals surface area contributed by atoms with Gasteiger partial charge in [-0.3, -0.25) is 38.7 Å². The van der Waals surface area contributed by atoms with Crippen LogP contribution in [0.4, 0.5) is 5.95 Å². The minimum absolute atomic E-state index is 0.0347. The number of methoxy groups -OCH3 is 1. The molecule has 0 saturated heterocycles. The van der Waals surface area contributed by atoms with E-state index in [-0.39, 0.29) is 67.6 Å². The van der Waals surface area contributed by atoms with Crippen LogP contribution in [0.5, 0.6) is 11.5 Å². The number of ether oxygens (including phenoxy) is 3. The largest absolute Gasteiger partial charge is 0.491 e. The first kappa shape index (κ1) is 49.7. The zero-order valence-electron chi connectivity index (χ0n) is 39.5. The number of carboxylic acid groups (broad SMARTS) is 1. The van der Waals surface area contributed by atoms with Gasteiger partial charge in [-0.15, -0.1) is 0 Å². The molecule has 23 nitrogen and oxygen atoms in total. The van der Waals surface area contributed by atoms with E-state index in [2.05, 4.69) is 20.8 Å². The van der Waals surface area contributed by atoms with Crippen LogP contribution in [-0.4, -0.2) is 118 Å². The van der Waals surface area contributed by atoms with Crippen LogP contribution in [0.2, 0.25) is 0 Å². The fourth-order valence-electron chi connectivity index (χ4n) is 8.00. The average Bonchev–Trinajstić information content (AvgIpc) is 4.09. The lowest BCUT2D eigenvalue weighted by Crippen LogP contribution is -2.42. The number of anilines is 1. The highest BCUT2D eigenvalue weighted by atomic mass is 16.5. The predicted octanol–water partition coefficient (Wildman–Crippen LogP) is 3.46. The van der Waals surface area contributed by atoms with Crippen LogP contribution < -0.4 is 37.3 Å². The van der Waals surface area contributed by atoms with Crippen molar-refractivity contribution in [2.24, 2.45) is 17.2 Å². The lowest BCUT2D eigenvalue weighted by molar-refractivity contribution is -0.139. The zero-order valence-corrected chi connectivity index (χ0v) is 39.5. The van der Waals surface area contributed by atoms with E-state index in [0.717, 1.165) is 11.4 Å². The molecule has 2 aromatic carbocycles. The first-order valence-electron chi connectivity index (χ1n) is 22.6. The Balaban J connectivity index is 1.29. The second-order valence-electron chi connectivity index (χ2n) is 16.3. The number of carbonyl (C=O) groups is 5. The molecule has 9 N–H and O–H groups in total. The van der Waals surface area contributed by atoms with Gasteiger partial charge in [0.25, 0.3) is 5.91 Å². The minimum atomic E-state index is -1.22. The Kier molecular flexibility index (Phi) is 15.5. The molecule has 368 valence electrons. The molecule has 23 heteroatoms. The maximum atomic E-state index is 13.9. The highest BCUT2D eigenvalue weighted by Gasteiger charge is 2.24. The number of benzene rings is 2. The molecule has 0 aliphatic carbocycles. The van der Waals surface area contributed by atoms with Crippen molar-refractivity contribution in [3.05, 3.63) is 83.0 Å². The van der Waals surface area contributed by atoms with E-state index in [9.17, 15) is 24.0 Å². The number of aliphatic carboxylic acids is 1. The Bertz CT molecular complexity index is 3150. The number of nitrogens with zero attached hydrogens (tertiary/aromatic N) is 9. The summed E-state index contributed by atoms with van der Waals surface area (Å²) in [4.78, 5) is 77.2. The minimum Gasteiger partial charge on any atom is -0.491 e. The number of rotatable bonds is 24. The van der Waals surface area contributed by atoms with Gasteiger partial charge in [-0.1, -0.05) is 12.2 Å². The molecule has 0 fully saturated rings. The summed E-state index contributed by atoms with van der Waals surface area (Å²) in [7, 11) is 1.60. The third-order valence-corrected chi connectivity index (χ3v) is 11.2. The molecule has 70 heavy (non-hydrogen) atoms. The number of aryl methyl sites for hydroxylation is 4. The summed E-state index contributed by atoms with van der Waals surface area (Å²) in [5, 5.41) is 24.9. The van der Waals surface area contributed by atoms with E-state index < -0.39 is 42.1 Å². The number of hydrogen-bond acceptors (Lipinski definition) is 14. The predicted molar refractivity (Wildman–Crippen MR) is 259 cm³/mol. The number of aromatic nitrogens is 9. The molecular formula is C47H56N14O9. The fourth-order valence-corrected chi connectivity index (χ4v) is 8.00. The Morgan fingerprint density at radius 1 is 0.786 bits per heavy atom. The molecule has 1 atom stereocenters. The summed E-state index contributed by atoms with van der Waals surface area (Å²) in [5.74, 6) is -2.50. The van der Waals surface area contributed by atoms with Crippen molar-refractivity contribution in [2.75, 3.05) is 38.8 Å². The topological polar surface area (TPSA) is 320 Å². The molecular weight excluding hydrogens is 905 g/mol. The molecule has 5 aromatic heterocycles. The third-order valence-electron chi connectivity index (χ3n) is 11.2. The highest BCUT2D eigenvalue weighted by Crippen LogP contribution is 2.37. The van der Waals surface area contributed by atoms with Gasteiger partial charge in [0.1, 0.15) is 34.1 Å². The summed E-state index contributed by atoms with van der Waals surface area (Å²) in [6.45, 7) is 9.78. The van der Waals surface area contributed by atoms with Gasteiger partial charge in [-0.2, -0.15) is 10.2 Å². The van der Waals surface area contributed by atoms with Crippen molar-refractivity contribution in [3.8, 4) is 23.0 Å². The van der Waals surface area contributed by atoms with Gasteiger partial charge in [0, 0.05) is 81.0 Å². The SMILES string of the molecule is CCn1nc(C)cc1C(=O)Nc1nc2cc(C(N)=O)cc(OCCCNC(=O)C(N)CC(=O)O)c2n1CC=CCn1c2nc(-c3cc(C)nn3CC)ncc2c2cc(C(N)=O)cc(OCCCOC)c21. The molecule has 0 aliphatic rings. The summed E-state index contributed by atoms with van der Waals surface area (Å²) in [6.07, 6.45) is 5.81. The Hall–Kier alpha value is -8.18. The van der Waals surface area contributed by atoms with Gasteiger partial charge in [0.2, 0.25) is 23.7 Å². The monoisotopic (exact) mass is 960 g/mol. The number of carbonyl (C=O) groups excluding carboxylic acids is 4. The second-order valence-corrected chi connectivity index (χ2v) is 16.3. The van der Waals surface area contributed by atoms with Gasteiger partial charge in [0.05, 0.1) is 48.1 Å². The molecule has 0 saturated carbocycles. The van der Waals surface area contributed by atoms with Crippen molar-refractivity contribution in [1.29, 1.82) is 0 Å². The summed E-state index contributed by atoms with van der Waals surface area (Å²) < 4.78 is 24.9. The van der Waals surface area contributed by atoms with Gasteiger partial charge < -0.3 is 51.0 Å². The molecule has 7 aromatic rings. The van der Waals surface area contributed by atoms with Crippen molar-refractivity contribution < 1.29 is 43.3 Å². The number of nitrogens with one attached hydrogen (secondary N) is 2. The normalized spacial score (nSPS) is 12.0. The maximum absolute atomic E-state index is 13.9. The van der Waals surface area contributed by atoms with Crippen LogP contribution in [0.3, 0.4) is 0 Å². The van der Waals surface area contributed by atoms with E-state index in [4.69, 9.17) is 51.5 Å². The molecule has 0 spiro atoms. The van der Waals surface area contributed by atoms with Gasteiger partial charge in [-0.05, 0) is 70.5 Å². The number of imidazole rings is 1. The standard InChI is InChI=1S/C47H56N14O9/c1-6-60-34(18-26(3)56-60)43-52-25-31-30-20-28(41(49)64)22-36(70-17-11-15-68-5)39(30)58(44(31)54-43)13-8-9-14-59-40-33(53-47(59)55-46(67)35-19-27(4)57-61(35)7-2)21-29(42(50)65)23-37(40)69-16-10-12-51-45(66)32(48)24-38(62)63/h8-9,18-23,25,32H,6-7,10-17,24,48H2,1-5H3,(H2,49,64)(H2,50,65)(H,51,66)(H,62,63)(H,53,55,67). The van der Waals surface area contributed by atoms with Gasteiger partial charge >= 0.3 is 5.97 Å². The number of fused-ring (bicyclic) bond motifs is 4. The Morgan fingerprint density at radius 2 is 1.43 bits per heavy atom. The molecule has 4 amide bonds. The van der Waals surface area contributed by atoms with Crippen molar-refractivity contribution in [3.63, 3.8) is 0 Å². The van der Waals surface area contributed by atoms with E-state index >= 15 is 0 Å². The van der Waals surface area contributed by atoms with Gasteiger partial charge in [0.15, 0.2) is 5.82 Å². The van der Waals surface area contributed by atoms with Crippen molar-refractivity contribution in [2.45, 2.75) is 79.2 Å². The van der Waals surface area contributed by atoms with Crippen molar-refractivity contribution in [1.82, 2.24) is 49.0 Å². The van der Waals surface area contributed by atoms with Crippen LogP contribution >= 0.6 is 0 Å². The third kappa shape index (κ3) is 10.9. The zero-order chi connectivity index (χ0) is 50.2. The van der Waals surface area contributed by atoms with E-state index in [1.807, 2.05) is 48.2 Å². The first-order chi connectivity index (χ1) is 33.6. The summed E-state index contributed by atoms with van der Waals surface area (Å²) in [5.41, 5.74) is 22.0. The quantitative estimate of drug-likeness (QED) is 0.0373. The lowest BCUT2D eigenvalue weighted by atomic mass is 10.1. The number of primary amides is 2. The van der Waals surface area contributed by atoms with E-state index in [1.54, 1.807) is 47.7 Å². The maximum Gasteiger partial charge on any atom is 0.305 e. The van der Waals surface area contributed by atoms with Crippen LogP contribution in [0.25, 0.3) is 44.5 Å². The number of nitrogens with two attached hydrogens (primary N) is 3. The Labute approximate surface area is 400 Å². The number of allylic oxidation sites excluding steroid dienone is 2. The molecule has 7 rings (SSSR count).